The van der Waals surface area contributed by atoms with E-state index in [0.29, 0.717) is 0 Å². The summed E-state index contributed by atoms with van der Waals surface area (Å²) in [5, 5.41) is 0. The lowest BCUT2D eigenvalue weighted by atomic mass is 10.1. The average Bonchev–Trinajstić information content (AvgIpc) is 2.03. The molecule has 0 aromatic rings. The highest BCUT2D eigenvalue weighted by molar-refractivity contribution is 7.99. The van der Waals surface area contributed by atoms with Crippen molar-refractivity contribution in [3.63, 3.8) is 0 Å². The predicted octanol–water partition coefficient (Wildman–Crippen LogP) is 3.02. The van der Waals surface area contributed by atoms with E-state index in [2.05, 4.69) is 25.2 Å². The highest BCUT2D eigenvalue weighted by Gasteiger charge is 1.95. The van der Waals surface area contributed by atoms with Gasteiger partial charge in [-0.3, -0.25) is 0 Å². The molecule has 1 aliphatic rings. The molecule has 0 heterocycles. The summed E-state index contributed by atoms with van der Waals surface area (Å²) in [5.74, 6) is 2.43. The molecule has 0 saturated heterocycles. The molecule has 10 heavy (non-hydrogen) atoms. The number of hydrogen-bond acceptors (Lipinski definition) is 1. The van der Waals surface area contributed by atoms with E-state index in [0.717, 1.165) is 0 Å². The standard InChI is InChI=1S/C9H14S/c1-2-10-8-9-6-4-3-5-7-9/h4,6-7H,2-3,5,8H2,1H3. The van der Waals surface area contributed by atoms with E-state index in [-0.39, 0.29) is 0 Å². The maximum Gasteiger partial charge on any atom is 0.0181 e. The average molecular weight is 154 g/mol. The molecule has 0 N–H and O–H groups in total. The molecule has 0 aromatic carbocycles. The number of allylic oxidation sites excluding steroid dienone is 3. The Kier molecular flexibility index (Phi) is 3.66. The van der Waals surface area contributed by atoms with Crippen molar-refractivity contribution in [2.24, 2.45) is 0 Å². The molecule has 0 atom stereocenters. The summed E-state index contributed by atoms with van der Waals surface area (Å²) < 4.78 is 0. The first-order valence-corrected chi connectivity index (χ1v) is 5.02. The van der Waals surface area contributed by atoms with Crippen LogP contribution < -0.4 is 0 Å². The molecule has 0 unspecified atom stereocenters. The van der Waals surface area contributed by atoms with Crippen LogP contribution in [0.5, 0.6) is 0 Å². The Morgan fingerprint density at radius 2 is 2.40 bits per heavy atom. The molecule has 0 aromatic heterocycles. The second-order valence-corrected chi connectivity index (χ2v) is 3.67. The minimum absolute atomic E-state index is 1.20. The van der Waals surface area contributed by atoms with Gasteiger partial charge >= 0.3 is 0 Å². The summed E-state index contributed by atoms with van der Waals surface area (Å²) in [6, 6.07) is 0. The van der Waals surface area contributed by atoms with Crippen molar-refractivity contribution in [3.05, 3.63) is 23.8 Å². The lowest BCUT2D eigenvalue weighted by Crippen LogP contribution is -1.88. The third-order valence-corrected chi connectivity index (χ3v) is 2.49. The second kappa shape index (κ2) is 4.62. The highest BCUT2D eigenvalue weighted by Crippen LogP contribution is 2.14. The molecule has 0 nitrogen and oxygen atoms in total. The Balaban J connectivity index is 2.26. The summed E-state index contributed by atoms with van der Waals surface area (Å²) in [4.78, 5) is 0. The lowest BCUT2D eigenvalue weighted by Gasteiger charge is -2.04. The zero-order valence-electron chi connectivity index (χ0n) is 6.47. The summed E-state index contributed by atoms with van der Waals surface area (Å²) >= 11 is 2.00. The summed E-state index contributed by atoms with van der Waals surface area (Å²) in [6.07, 6.45) is 9.36. The molecule has 0 radical (unpaired) electrons. The monoisotopic (exact) mass is 154 g/mol. The topological polar surface area (TPSA) is 0 Å². The molecule has 56 valence electrons. The first kappa shape index (κ1) is 7.93. The van der Waals surface area contributed by atoms with Crippen molar-refractivity contribution in [2.75, 3.05) is 11.5 Å². The number of thioether (sulfide) groups is 1. The Morgan fingerprint density at radius 3 is 3.00 bits per heavy atom. The molecule has 0 aliphatic heterocycles. The number of hydrogen-bond donors (Lipinski definition) is 0. The van der Waals surface area contributed by atoms with Gasteiger partial charge in [0.1, 0.15) is 0 Å². The van der Waals surface area contributed by atoms with E-state index in [4.69, 9.17) is 0 Å². The SMILES string of the molecule is CCSCC1=CCCC=C1. The van der Waals surface area contributed by atoms with Gasteiger partial charge in [0.05, 0.1) is 0 Å². The zero-order valence-corrected chi connectivity index (χ0v) is 7.29. The van der Waals surface area contributed by atoms with Crippen LogP contribution in [0.3, 0.4) is 0 Å². The molecule has 0 amide bonds. The third-order valence-electron chi connectivity index (χ3n) is 1.54. The fraction of sp³-hybridized carbons (Fsp3) is 0.556. The van der Waals surface area contributed by atoms with Crippen LogP contribution >= 0.6 is 11.8 Å². The fourth-order valence-electron chi connectivity index (χ4n) is 0.995. The summed E-state index contributed by atoms with van der Waals surface area (Å²) in [7, 11) is 0. The minimum Gasteiger partial charge on any atom is -0.158 e. The van der Waals surface area contributed by atoms with Crippen LogP contribution in [0.15, 0.2) is 23.8 Å². The van der Waals surface area contributed by atoms with Gasteiger partial charge in [0.2, 0.25) is 0 Å². The predicted molar refractivity (Wildman–Crippen MR) is 49.5 cm³/mol. The van der Waals surface area contributed by atoms with Crippen LogP contribution in [0, 0.1) is 0 Å². The van der Waals surface area contributed by atoms with Gasteiger partial charge in [0.15, 0.2) is 0 Å². The second-order valence-electron chi connectivity index (χ2n) is 2.40. The van der Waals surface area contributed by atoms with Gasteiger partial charge in [-0.25, -0.2) is 0 Å². The quantitative estimate of drug-likeness (QED) is 0.602. The molecule has 1 aliphatic carbocycles. The molecule has 0 fully saturated rings. The van der Waals surface area contributed by atoms with Crippen molar-refractivity contribution in [1.82, 2.24) is 0 Å². The van der Waals surface area contributed by atoms with Gasteiger partial charge < -0.3 is 0 Å². The molecular formula is C9H14S. The van der Waals surface area contributed by atoms with Gasteiger partial charge in [-0.1, -0.05) is 25.2 Å². The van der Waals surface area contributed by atoms with E-state index in [1.165, 1.54) is 29.9 Å². The maximum absolute atomic E-state index is 2.35. The van der Waals surface area contributed by atoms with Crippen molar-refractivity contribution >= 4 is 11.8 Å². The Labute approximate surface area is 67.4 Å². The van der Waals surface area contributed by atoms with Crippen LogP contribution in [0.4, 0.5) is 0 Å². The van der Waals surface area contributed by atoms with E-state index >= 15 is 0 Å². The fourth-order valence-corrected chi connectivity index (χ4v) is 1.65. The smallest absolute Gasteiger partial charge is 0.0181 e. The Hall–Kier alpha value is -0.170. The molecule has 0 spiro atoms. The molecule has 0 bridgehead atoms. The molecule has 1 rings (SSSR count). The van der Waals surface area contributed by atoms with Gasteiger partial charge in [-0.05, 0) is 24.2 Å². The Morgan fingerprint density at radius 1 is 1.50 bits per heavy atom. The van der Waals surface area contributed by atoms with Gasteiger partial charge in [-0.2, -0.15) is 11.8 Å². The van der Waals surface area contributed by atoms with Crippen molar-refractivity contribution < 1.29 is 0 Å². The van der Waals surface area contributed by atoms with Crippen molar-refractivity contribution in [2.45, 2.75) is 19.8 Å². The van der Waals surface area contributed by atoms with Gasteiger partial charge in [0.25, 0.3) is 0 Å². The van der Waals surface area contributed by atoms with E-state index < -0.39 is 0 Å². The third kappa shape index (κ3) is 2.61. The van der Waals surface area contributed by atoms with Crippen LogP contribution in [0.1, 0.15) is 19.8 Å². The maximum atomic E-state index is 2.35. The van der Waals surface area contributed by atoms with E-state index in [9.17, 15) is 0 Å². The van der Waals surface area contributed by atoms with Crippen molar-refractivity contribution in [3.8, 4) is 0 Å². The summed E-state index contributed by atoms with van der Waals surface area (Å²) in [6.45, 7) is 2.21. The van der Waals surface area contributed by atoms with Gasteiger partial charge in [0, 0.05) is 5.75 Å². The first-order valence-electron chi connectivity index (χ1n) is 3.87. The normalized spacial score (nSPS) is 17.1. The molecule has 1 heteroatoms. The molecular weight excluding hydrogens is 140 g/mol. The van der Waals surface area contributed by atoms with E-state index in [1.807, 2.05) is 11.8 Å². The lowest BCUT2D eigenvalue weighted by molar-refractivity contribution is 1.02. The Bertz CT molecular complexity index is 145. The van der Waals surface area contributed by atoms with Crippen LogP contribution in [0.2, 0.25) is 0 Å². The first-order chi connectivity index (χ1) is 4.93. The molecule has 0 saturated carbocycles. The highest BCUT2D eigenvalue weighted by atomic mass is 32.2. The van der Waals surface area contributed by atoms with E-state index in [1.54, 1.807) is 0 Å². The minimum atomic E-state index is 1.20. The zero-order chi connectivity index (χ0) is 7.23. The van der Waals surface area contributed by atoms with Gasteiger partial charge in [-0.15, -0.1) is 0 Å². The van der Waals surface area contributed by atoms with Crippen LogP contribution in [-0.4, -0.2) is 11.5 Å². The van der Waals surface area contributed by atoms with Crippen LogP contribution in [-0.2, 0) is 0 Å². The summed E-state index contributed by atoms with van der Waals surface area (Å²) in [5.41, 5.74) is 1.51. The van der Waals surface area contributed by atoms with Crippen molar-refractivity contribution in [1.29, 1.82) is 0 Å². The number of rotatable bonds is 3. The largest absolute Gasteiger partial charge is 0.158 e. The van der Waals surface area contributed by atoms with Crippen LogP contribution in [0.25, 0.3) is 0 Å².